The number of aromatic nitrogens is 6. The summed E-state index contributed by atoms with van der Waals surface area (Å²) in [7, 11) is 1.62. The van der Waals surface area contributed by atoms with Crippen LogP contribution >= 0.6 is 11.8 Å². The van der Waals surface area contributed by atoms with Crippen LogP contribution < -0.4 is 10.1 Å². The van der Waals surface area contributed by atoms with E-state index in [0.29, 0.717) is 22.3 Å². The minimum atomic E-state index is -0.0769. The maximum absolute atomic E-state index is 12.7. The van der Waals surface area contributed by atoms with Crippen molar-refractivity contribution in [2.24, 2.45) is 0 Å². The minimum Gasteiger partial charge on any atom is -0.497 e. The molecule has 0 unspecified atom stereocenters. The van der Waals surface area contributed by atoms with E-state index in [2.05, 4.69) is 30.4 Å². The van der Waals surface area contributed by atoms with Gasteiger partial charge in [0.2, 0.25) is 5.16 Å². The van der Waals surface area contributed by atoms with Gasteiger partial charge >= 0.3 is 0 Å². The molecule has 0 saturated carbocycles. The molecule has 0 saturated heterocycles. The Hall–Kier alpha value is -4.96. The lowest BCUT2D eigenvalue weighted by Gasteiger charge is -2.09. The van der Waals surface area contributed by atoms with Gasteiger partial charge in [-0.15, -0.1) is 5.10 Å². The van der Waals surface area contributed by atoms with E-state index in [9.17, 15) is 4.79 Å². The number of nitrogens with zero attached hydrogens (tertiary/aromatic N) is 5. The van der Waals surface area contributed by atoms with Crippen LogP contribution in [-0.4, -0.2) is 42.4 Å². The molecule has 0 bridgehead atoms. The van der Waals surface area contributed by atoms with Crippen molar-refractivity contribution in [2.75, 3.05) is 12.4 Å². The molecule has 0 amide bonds. The number of nitrogens with one attached hydrogen (secondary N) is 2. The summed E-state index contributed by atoms with van der Waals surface area (Å²) in [5.74, 6) is 3.40. The maximum atomic E-state index is 12.7. The summed E-state index contributed by atoms with van der Waals surface area (Å²) in [5.41, 5.74) is 5.08. The molecule has 2 N–H and O–H groups in total. The lowest BCUT2D eigenvalue weighted by molar-refractivity contribution is 0.104. The van der Waals surface area contributed by atoms with Crippen molar-refractivity contribution in [1.82, 2.24) is 29.5 Å². The zero-order valence-electron chi connectivity index (χ0n) is 21.8. The first-order chi connectivity index (χ1) is 19.5. The van der Waals surface area contributed by atoms with E-state index in [1.165, 1.54) is 11.8 Å². The topological polar surface area (TPSA) is 110 Å². The summed E-state index contributed by atoms with van der Waals surface area (Å²) in [4.78, 5) is 29.8. The molecule has 0 aliphatic carbocycles. The van der Waals surface area contributed by atoms with Gasteiger partial charge in [0.15, 0.2) is 5.78 Å². The summed E-state index contributed by atoms with van der Waals surface area (Å²) >= 11 is 1.49. The highest BCUT2D eigenvalue weighted by Gasteiger charge is 2.12. The van der Waals surface area contributed by atoms with Gasteiger partial charge in [-0.1, -0.05) is 42.1 Å². The van der Waals surface area contributed by atoms with Gasteiger partial charge < -0.3 is 15.0 Å². The molecule has 198 valence electrons. The minimum absolute atomic E-state index is 0.0769. The van der Waals surface area contributed by atoms with E-state index in [1.54, 1.807) is 35.9 Å². The third-order valence-corrected chi connectivity index (χ3v) is 7.03. The number of para-hydroxylation sites is 2. The number of hydrogen-bond acceptors (Lipinski definition) is 8. The molecule has 40 heavy (non-hydrogen) atoms. The van der Waals surface area contributed by atoms with E-state index in [4.69, 9.17) is 4.74 Å². The molecule has 0 fully saturated rings. The Morgan fingerprint density at radius 3 is 2.60 bits per heavy atom. The highest BCUT2D eigenvalue weighted by molar-refractivity contribution is 7.98. The van der Waals surface area contributed by atoms with Gasteiger partial charge in [-0.05, 0) is 67.1 Å². The number of allylic oxidation sites excluding steroid dienone is 1. The zero-order valence-corrected chi connectivity index (χ0v) is 22.6. The molecule has 6 aromatic rings. The summed E-state index contributed by atoms with van der Waals surface area (Å²) < 4.78 is 6.86. The van der Waals surface area contributed by atoms with E-state index >= 15 is 0 Å². The van der Waals surface area contributed by atoms with Crippen molar-refractivity contribution >= 4 is 51.9 Å². The molecule has 3 aromatic heterocycles. The Bertz CT molecular complexity index is 1810. The first-order valence-corrected chi connectivity index (χ1v) is 13.6. The molecule has 0 aliphatic heterocycles. The molecule has 10 heteroatoms. The Balaban J connectivity index is 1.15. The second-order valence-electron chi connectivity index (χ2n) is 9.05. The lowest BCUT2D eigenvalue weighted by atomic mass is 10.1. The number of imidazole rings is 1. The highest BCUT2D eigenvalue weighted by Crippen LogP contribution is 2.24. The van der Waals surface area contributed by atoms with Gasteiger partial charge in [-0.3, -0.25) is 4.79 Å². The van der Waals surface area contributed by atoms with E-state index < -0.39 is 0 Å². The number of rotatable bonds is 9. The van der Waals surface area contributed by atoms with Crippen molar-refractivity contribution in [1.29, 1.82) is 0 Å². The predicted octanol–water partition coefficient (Wildman–Crippen LogP) is 6.25. The molecular formula is C30H25N7O2S. The fourth-order valence-corrected chi connectivity index (χ4v) is 4.86. The van der Waals surface area contributed by atoms with Crippen LogP contribution in [0.25, 0.3) is 22.9 Å². The van der Waals surface area contributed by atoms with E-state index in [-0.39, 0.29) is 5.78 Å². The third kappa shape index (κ3) is 5.57. The van der Waals surface area contributed by atoms with E-state index in [1.807, 2.05) is 73.7 Å². The Labute approximate surface area is 234 Å². The lowest BCUT2D eigenvalue weighted by Crippen LogP contribution is -2.03. The van der Waals surface area contributed by atoms with Gasteiger partial charge in [0, 0.05) is 23.0 Å². The number of carbonyl (C=O) groups is 1. The van der Waals surface area contributed by atoms with Crippen molar-refractivity contribution in [2.45, 2.75) is 17.8 Å². The van der Waals surface area contributed by atoms with Crippen molar-refractivity contribution in [3.05, 3.63) is 108 Å². The van der Waals surface area contributed by atoms with Crippen LogP contribution in [0.2, 0.25) is 0 Å². The second kappa shape index (κ2) is 11.0. The smallest absolute Gasteiger partial charge is 0.255 e. The number of anilines is 2. The molecule has 9 nitrogen and oxygen atoms in total. The van der Waals surface area contributed by atoms with Crippen LogP contribution in [0, 0.1) is 6.92 Å². The maximum Gasteiger partial charge on any atom is 0.255 e. The average molecular weight is 548 g/mol. The SMILES string of the molecule is COc1ccc(/C=C/C(=O)c2ccc(Nc3cc(C)nc4nc(SCc5nc6ccccc6[nH]5)nn34)cc2)cc1. The van der Waals surface area contributed by atoms with Crippen LogP contribution in [-0.2, 0) is 5.75 Å². The molecule has 3 heterocycles. The van der Waals surface area contributed by atoms with Crippen LogP contribution in [0.3, 0.4) is 0 Å². The third-order valence-electron chi connectivity index (χ3n) is 6.18. The molecule has 0 aliphatic rings. The number of carbonyl (C=O) groups excluding carboxylic acids is 1. The number of fused-ring (bicyclic) bond motifs is 2. The molecule has 3 aromatic carbocycles. The molecule has 6 rings (SSSR count). The molecular weight excluding hydrogens is 522 g/mol. The monoisotopic (exact) mass is 547 g/mol. The highest BCUT2D eigenvalue weighted by atomic mass is 32.2. The number of ketones is 1. The van der Waals surface area contributed by atoms with Gasteiger partial charge in [0.1, 0.15) is 17.4 Å². The van der Waals surface area contributed by atoms with Crippen LogP contribution in [0.5, 0.6) is 5.75 Å². The fraction of sp³-hybridized carbons (Fsp3) is 0.100. The number of hydrogen-bond donors (Lipinski definition) is 2. The van der Waals surface area contributed by atoms with Gasteiger partial charge in [0.25, 0.3) is 5.78 Å². The van der Waals surface area contributed by atoms with Gasteiger partial charge in [0.05, 0.1) is 23.9 Å². The van der Waals surface area contributed by atoms with E-state index in [0.717, 1.165) is 45.4 Å². The van der Waals surface area contributed by atoms with Crippen molar-refractivity contribution < 1.29 is 9.53 Å². The number of aryl methyl sites for hydroxylation is 1. The Morgan fingerprint density at radius 1 is 1.02 bits per heavy atom. The fourth-order valence-electron chi connectivity index (χ4n) is 4.17. The molecule has 0 spiro atoms. The number of methoxy groups -OCH3 is 1. The largest absolute Gasteiger partial charge is 0.497 e. The molecule has 0 radical (unpaired) electrons. The average Bonchev–Trinajstić information content (AvgIpc) is 3.59. The Morgan fingerprint density at radius 2 is 1.82 bits per heavy atom. The van der Waals surface area contributed by atoms with Crippen LogP contribution in [0.1, 0.15) is 27.4 Å². The Kier molecular flexibility index (Phi) is 6.98. The number of benzene rings is 3. The predicted molar refractivity (Wildman–Crippen MR) is 157 cm³/mol. The molecule has 0 atom stereocenters. The first-order valence-electron chi connectivity index (χ1n) is 12.6. The van der Waals surface area contributed by atoms with Crippen molar-refractivity contribution in [3.8, 4) is 5.75 Å². The first kappa shape index (κ1) is 25.3. The summed E-state index contributed by atoms with van der Waals surface area (Å²) in [5, 5.41) is 8.64. The quantitative estimate of drug-likeness (QED) is 0.124. The number of thioether (sulfide) groups is 1. The van der Waals surface area contributed by atoms with Crippen LogP contribution in [0.15, 0.2) is 90.1 Å². The number of H-pyrrole nitrogens is 1. The van der Waals surface area contributed by atoms with Gasteiger partial charge in [-0.25, -0.2) is 9.97 Å². The number of aromatic amines is 1. The van der Waals surface area contributed by atoms with Crippen molar-refractivity contribution in [3.63, 3.8) is 0 Å². The normalized spacial score (nSPS) is 11.4. The standard InChI is InChI=1S/C30H25N7O2S/c1-19-17-28(32-22-12-10-21(11-13-22)26(38)16-9-20-7-14-23(39-2)15-8-20)37-29(31-19)35-30(36-37)40-18-27-33-24-5-3-4-6-25(24)34-27/h3-17,32H,18H2,1-2H3,(H,33,34)/b16-9+. The summed E-state index contributed by atoms with van der Waals surface area (Å²) in [6.45, 7) is 1.91. The number of ether oxygens (including phenoxy) is 1. The summed E-state index contributed by atoms with van der Waals surface area (Å²) in [6, 6.07) is 24.7. The zero-order chi connectivity index (χ0) is 27.5. The van der Waals surface area contributed by atoms with Gasteiger partial charge in [-0.2, -0.15) is 9.50 Å². The summed E-state index contributed by atoms with van der Waals surface area (Å²) in [6.07, 6.45) is 3.36. The van der Waals surface area contributed by atoms with Crippen LogP contribution in [0.4, 0.5) is 11.5 Å². The second-order valence-corrected chi connectivity index (χ2v) is 9.99.